The highest BCUT2D eigenvalue weighted by Gasteiger charge is 2.26. The first-order chi connectivity index (χ1) is 6.42. The first-order valence-corrected chi connectivity index (χ1v) is 6.36. The molecule has 0 unspecified atom stereocenters. The lowest BCUT2D eigenvalue weighted by Crippen LogP contribution is -2.55. The molecular formula is C8H19N3O2S. The summed E-state index contributed by atoms with van der Waals surface area (Å²) < 4.78 is 27.5. The molecule has 1 atom stereocenters. The van der Waals surface area contributed by atoms with Gasteiger partial charge in [0, 0.05) is 31.7 Å². The Bertz CT molecular complexity index is 276. The van der Waals surface area contributed by atoms with Crippen LogP contribution in [0.4, 0.5) is 0 Å². The Morgan fingerprint density at radius 1 is 1.50 bits per heavy atom. The maximum atomic E-state index is 11.7. The van der Waals surface area contributed by atoms with Crippen LogP contribution in [0.15, 0.2) is 0 Å². The number of nitrogens with zero attached hydrogens (tertiary/aromatic N) is 1. The molecule has 84 valence electrons. The minimum atomic E-state index is -3.27. The summed E-state index contributed by atoms with van der Waals surface area (Å²) in [5, 5.41) is 3.20. The van der Waals surface area contributed by atoms with Crippen molar-refractivity contribution in [3.8, 4) is 0 Å². The molecule has 1 heterocycles. The molecule has 0 radical (unpaired) electrons. The van der Waals surface area contributed by atoms with Crippen LogP contribution in [0.2, 0.25) is 0 Å². The van der Waals surface area contributed by atoms with Gasteiger partial charge in [0.25, 0.3) is 10.2 Å². The highest BCUT2D eigenvalue weighted by atomic mass is 32.2. The van der Waals surface area contributed by atoms with E-state index in [1.54, 1.807) is 0 Å². The van der Waals surface area contributed by atoms with E-state index in [1.165, 1.54) is 4.31 Å². The molecule has 1 fully saturated rings. The Labute approximate surface area is 86.0 Å². The van der Waals surface area contributed by atoms with Crippen molar-refractivity contribution in [3.05, 3.63) is 0 Å². The molecule has 0 aromatic heterocycles. The fourth-order valence-corrected chi connectivity index (χ4v) is 2.98. The number of hydrogen-bond donors (Lipinski definition) is 2. The quantitative estimate of drug-likeness (QED) is 0.677. The summed E-state index contributed by atoms with van der Waals surface area (Å²) in [6.07, 6.45) is 0. The van der Waals surface area contributed by atoms with Crippen LogP contribution >= 0.6 is 0 Å². The molecule has 1 rings (SSSR count). The van der Waals surface area contributed by atoms with Crippen molar-refractivity contribution in [1.82, 2.24) is 14.3 Å². The van der Waals surface area contributed by atoms with Crippen LogP contribution in [0.1, 0.15) is 20.8 Å². The lowest BCUT2D eigenvalue weighted by Gasteiger charge is -2.31. The van der Waals surface area contributed by atoms with E-state index in [0.29, 0.717) is 13.1 Å². The van der Waals surface area contributed by atoms with Crippen LogP contribution in [0.25, 0.3) is 0 Å². The summed E-state index contributed by atoms with van der Waals surface area (Å²) in [4.78, 5) is 0. The monoisotopic (exact) mass is 221 g/mol. The number of rotatable bonds is 3. The van der Waals surface area contributed by atoms with Gasteiger partial charge in [0.15, 0.2) is 0 Å². The van der Waals surface area contributed by atoms with Crippen molar-refractivity contribution in [1.29, 1.82) is 0 Å². The van der Waals surface area contributed by atoms with Crippen LogP contribution in [-0.4, -0.2) is 44.4 Å². The van der Waals surface area contributed by atoms with Gasteiger partial charge < -0.3 is 5.32 Å². The van der Waals surface area contributed by atoms with E-state index in [-0.39, 0.29) is 12.1 Å². The number of hydrogen-bond acceptors (Lipinski definition) is 3. The topological polar surface area (TPSA) is 61.4 Å². The fraction of sp³-hybridized carbons (Fsp3) is 1.00. The average Bonchev–Trinajstić information content (AvgIpc) is 2.01. The summed E-state index contributed by atoms with van der Waals surface area (Å²) in [5.41, 5.74) is 0. The second-order valence-electron chi connectivity index (χ2n) is 3.99. The number of piperazine rings is 1. The van der Waals surface area contributed by atoms with E-state index >= 15 is 0 Å². The van der Waals surface area contributed by atoms with Crippen molar-refractivity contribution >= 4 is 10.2 Å². The van der Waals surface area contributed by atoms with Crippen LogP contribution in [-0.2, 0) is 10.2 Å². The van der Waals surface area contributed by atoms with Crippen LogP contribution in [0.3, 0.4) is 0 Å². The third kappa shape index (κ3) is 3.20. The molecular weight excluding hydrogens is 202 g/mol. The molecule has 0 aliphatic carbocycles. The van der Waals surface area contributed by atoms with Gasteiger partial charge in [-0.2, -0.15) is 17.4 Å². The molecule has 5 nitrogen and oxygen atoms in total. The van der Waals surface area contributed by atoms with Gasteiger partial charge in [0.2, 0.25) is 0 Å². The van der Waals surface area contributed by atoms with Crippen LogP contribution in [0.5, 0.6) is 0 Å². The van der Waals surface area contributed by atoms with Gasteiger partial charge in [-0.05, 0) is 20.8 Å². The second-order valence-corrected chi connectivity index (χ2v) is 5.69. The van der Waals surface area contributed by atoms with E-state index < -0.39 is 10.2 Å². The molecule has 14 heavy (non-hydrogen) atoms. The van der Waals surface area contributed by atoms with Gasteiger partial charge in [-0.1, -0.05) is 0 Å². The largest absolute Gasteiger partial charge is 0.312 e. The zero-order valence-corrected chi connectivity index (χ0v) is 9.76. The molecule has 0 aromatic carbocycles. The molecule has 0 saturated carbocycles. The fourth-order valence-electron chi connectivity index (χ4n) is 1.49. The van der Waals surface area contributed by atoms with Gasteiger partial charge in [-0.3, -0.25) is 0 Å². The summed E-state index contributed by atoms with van der Waals surface area (Å²) in [6.45, 7) is 7.44. The van der Waals surface area contributed by atoms with E-state index in [4.69, 9.17) is 0 Å². The predicted molar refractivity (Wildman–Crippen MR) is 56.2 cm³/mol. The summed E-state index contributed by atoms with van der Waals surface area (Å²) >= 11 is 0. The van der Waals surface area contributed by atoms with Crippen LogP contribution in [0, 0.1) is 0 Å². The highest BCUT2D eigenvalue weighted by Crippen LogP contribution is 2.04. The van der Waals surface area contributed by atoms with E-state index in [1.807, 2.05) is 20.8 Å². The summed E-state index contributed by atoms with van der Waals surface area (Å²) in [7, 11) is -3.27. The SMILES string of the molecule is CC(C)NS(=O)(=O)N1CCN[C@@H](C)C1. The second kappa shape index (κ2) is 4.57. The third-order valence-electron chi connectivity index (χ3n) is 2.06. The molecule has 1 aliphatic rings. The first-order valence-electron chi connectivity index (χ1n) is 4.92. The van der Waals surface area contributed by atoms with E-state index in [9.17, 15) is 8.42 Å². The first kappa shape index (κ1) is 11.9. The zero-order valence-electron chi connectivity index (χ0n) is 8.95. The van der Waals surface area contributed by atoms with E-state index in [2.05, 4.69) is 10.0 Å². The normalized spacial score (nSPS) is 25.6. The predicted octanol–water partition coefficient (Wildman–Crippen LogP) is -0.477. The summed E-state index contributed by atoms with van der Waals surface area (Å²) in [6, 6.07) is 0.178. The maximum absolute atomic E-state index is 11.7. The highest BCUT2D eigenvalue weighted by molar-refractivity contribution is 7.87. The van der Waals surface area contributed by atoms with Crippen molar-refractivity contribution in [2.24, 2.45) is 0 Å². The Balaban J connectivity index is 2.62. The zero-order chi connectivity index (χ0) is 10.8. The van der Waals surface area contributed by atoms with Gasteiger partial charge in [-0.25, -0.2) is 0 Å². The van der Waals surface area contributed by atoms with Crippen molar-refractivity contribution in [2.75, 3.05) is 19.6 Å². The molecule has 0 aromatic rings. The van der Waals surface area contributed by atoms with Gasteiger partial charge in [-0.15, -0.1) is 0 Å². The Morgan fingerprint density at radius 3 is 2.64 bits per heavy atom. The van der Waals surface area contributed by atoms with Gasteiger partial charge in [0.1, 0.15) is 0 Å². The molecule has 2 N–H and O–H groups in total. The molecule has 1 aliphatic heterocycles. The third-order valence-corrected chi connectivity index (χ3v) is 3.84. The van der Waals surface area contributed by atoms with Gasteiger partial charge in [0.05, 0.1) is 0 Å². The molecule has 1 saturated heterocycles. The minimum absolute atomic E-state index is 0.0507. The lowest BCUT2D eigenvalue weighted by molar-refractivity contribution is 0.305. The van der Waals surface area contributed by atoms with Crippen molar-refractivity contribution in [2.45, 2.75) is 32.9 Å². The molecule has 6 heteroatoms. The smallest absolute Gasteiger partial charge is 0.279 e. The lowest BCUT2D eigenvalue weighted by atomic mass is 10.3. The Morgan fingerprint density at radius 2 is 2.14 bits per heavy atom. The maximum Gasteiger partial charge on any atom is 0.279 e. The molecule has 0 bridgehead atoms. The molecule has 0 spiro atoms. The Kier molecular flexibility index (Phi) is 3.88. The van der Waals surface area contributed by atoms with Crippen LogP contribution < -0.4 is 10.0 Å². The number of nitrogens with one attached hydrogen (secondary N) is 2. The van der Waals surface area contributed by atoms with Crippen molar-refractivity contribution in [3.63, 3.8) is 0 Å². The average molecular weight is 221 g/mol. The molecule has 0 amide bonds. The Hall–Kier alpha value is -0.170. The van der Waals surface area contributed by atoms with Gasteiger partial charge >= 0.3 is 0 Å². The van der Waals surface area contributed by atoms with Crippen molar-refractivity contribution < 1.29 is 8.42 Å². The standard InChI is InChI=1S/C8H19N3O2S/c1-7(2)10-14(12,13)11-5-4-9-8(3)6-11/h7-10H,4-6H2,1-3H3/t8-/m0/s1. The minimum Gasteiger partial charge on any atom is -0.312 e. The van der Waals surface area contributed by atoms with E-state index in [0.717, 1.165) is 6.54 Å². The summed E-state index contributed by atoms with van der Waals surface area (Å²) in [5.74, 6) is 0.